The average Bonchev–Trinajstić information content (AvgIpc) is 3.18. The Labute approximate surface area is 218 Å². The molecule has 3 rings (SSSR count). The number of hydrogen-bond donors (Lipinski definition) is 1. The van der Waals surface area contributed by atoms with Gasteiger partial charge in [0.05, 0.1) is 36.8 Å². The summed E-state index contributed by atoms with van der Waals surface area (Å²) in [7, 11) is -3.79. The molecule has 1 amide bonds. The van der Waals surface area contributed by atoms with Crippen molar-refractivity contribution in [2.45, 2.75) is 51.9 Å². The number of benzene rings is 1. The molecule has 204 valence electrons. The molecular weight excluding hydrogens is 535 g/mol. The van der Waals surface area contributed by atoms with Gasteiger partial charge in [-0.05, 0) is 36.1 Å². The lowest BCUT2D eigenvalue weighted by Crippen LogP contribution is -2.31. The molecule has 0 atom stereocenters. The monoisotopic (exact) mass is 563 g/mol. The van der Waals surface area contributed by atoms with E-state index < -0.39 is 27.7 Å². The molecule has 1 fully saturated rings. The molecule has 0 bridgehead atoms. The summed E-state index contributed by atoms with van der Waals surface area (Å²) < 4.78 is 77.9. The summed E-state index contributed by atoms with van der Waals surface area (Å²) in [4.78, 5) is 12.3. The Hall–Kier alpha value is -2.57. The van der Waals surface area contributed by atoms with E-state index in [0.717, 1.165) is 18.2 Å². The standard InChI is InChI=1S/C24H29ClF3N3O5S/c1-16(2)9-12-37(33,34)30-22(32)6-5-19-14-23(36-20-7-10-35-11-8-20)29-31(19)15-17-3-4-18(13-21(17)25)24(26,27)28/h3-6,13-14,16,20H,7-12,15H2,1-2H3,(H,30,32). The molecule has 1 aliphatic rings. The Morgan fingerprint density at radius 1 is 1.30 bits per heavy atom. The van der Waals surface area contributed by atoms with Gasteiger partial charge in [-0.3, -0.25) is 9.48 Å². The number of nitrogens with zero attached hydrogens (tertiary/aromatic N) is 2. The minimum atomic E-state index is -4.53. The van der Waals surface area contributed by atoms with Gasteiger partial charge in [-0.25, -0.2) is 13.1 Å². The predicted molar refractivity (Wildman–Crippen MR) is 133 cm³/mol. The number of amides is 1. The van der Waals surface area contributed by atoms with E-state index >= 15 is 0 Å². The molecule has 1 aromatic carbocycles. The van der Waals surface area contributed by atoms with Gasteiger partial charge >= 0.3 is 6.18 Å². The van der Waals surface area contributed by atoms with E-state index in [1.165, 1.54) is 16.8 Å². The van der Waals surface area contributed by atoms with Gasteiger partial charge in [0.2, 0.25) is 15.9 Å². The first-order valence-electron chi connectivity index (χ1n) is 11.7. The average molecular weight is 564 g/mol. The molecular formula is C24H29ClF3N3O5S. The van der Waals surface area contributed by atoms with Crippen molar-refractivity contribution >= 4 is 33.6 Å². The maximum absolute atomic E-state index is 13.0. The number of carbonyl (C=O) groups is 1. The first-order chi connectivity index (χ1) is 17.3. The molecule has 1 saturated heterocycles. The highest BCUT2D eigenvalue weighted by Crippen LogP contribution is 2.32. The van der Waals surface area contributed by atoms with Crippen LogP contribution in [0.5, 0.6) is 5.88 Å². The highest BCUT2D eigenvalue weighted by Gasteiger charge is 2.31. The van der Waals surface area contributed by atoms with Gasteiger partial charge in [0, 0.05) is 30.0 Å². The van der Waals surface area contributed by atoms with Crippen molar-refractivity contribution < 1.29 is 35.9 Å². The van der Waals surface area contributed by atoms with Crippen LogP contribution in [0.25, 0.3) is 6.08 Å². The summed E-state index contributed by atoms with van der Waals surface area (Å²) in [5, 5.41) is 4.29. The first kappa shape index (κ1) is 29.0. The molecule has 1 aliphatic heterocycles. The number of aromatic nitrogens is 2. The summed E-state index contributed by atoms with van der Waals surface area (Å²) in [5.41, 5.74) is -0.140. The van der Waals surface area contributed by atoms with E-state index in [-0.39, 0.29) is 35.2 Å². The maximum atomic E-state index is 13.0. The zero-order valence-electron chi connectivity index (χ0n) is 20.4. The lowest BCUT2D eigenvalue weighted by Gasteiger charge is -2.21. The van der Waals surface area contributed by atoms with E-state index in [1.54, 1.807) is 6.07 Å². The lowest BCUT2D eigenvalue weighted by atomic mass is 10.1. The fourth-order valence-electron chi connectivity index (χ4n) is 3.49. The van der Waals surface area contributed by atoms with E-state index in [9.17, 15) is 26.4 Å². The van der Waals surface area contributed by atoms with Crippen LogP contribution in [0, 0.1) is 5.92 Å². The van der Waals surface area contributed by atoms with Crippen LogP contribution in [-0.2, 0) is 32.3 Å². The molecule has 37 heavy (non-hydrogen) atoms. The second kappa shape index (κ2) is 12.3. The number of hydrogen-bond acceptors (Lipinski definition) is 6. The molecule has 0 aliphatic carbocycles. The SMILES string of the molecule is CC(C)CCS(=O)(=O)NC(=O)C=Cc1cc(OC2CCOCC2)nn1Cc1ccc(C(F)(F)F)cc1Cl. The third-order valence-electron chi connectivity index (χ3n) is 5.57. The largest absolute Gasteiger partial charge is 0.473 e. The molecule has 0 saturated carbocycles. The van der Waals surface area contributed by atoms with E-state index in [2.05, 4.69) is 5.10 Å². The second-order valence-electron chi connectivity index (χ2n) is 9.10. The summed E-state index contributed by atoms with van der Waals surface area (Å²) in [5.74, 6) is -0.615. The Morgan fingerprint density at radius 2 is 2.00 bits per heavy atom. The van der Waals surface area contributed by atoms with E-state index in [0.29, 0.717) is 43.7 Å². The third-order valence-corrected chi connectivity index (χ3v) is 7.21. The number of halogens is 4. The van der Waals surface area contributed by atoms with Crippen molar-refractivity contribution in [3.05, 3.63) is 52.2 Å². The van der Waals surface area contributed by atoms with Crippen LogP contribution in [0.15, 0.2) is 30.3 Å². The second-order valence-corrected chi connectivity index (χ2v) is 11.3. The minimum absolute atomic E-state index is 0.0118. The summed E-state index contributed by atoms with van der Waals surface area (Å²) >= 11 is 6.12. The van der Waals surface area contributed by atoms with E-state index in [4.69, 9.17) is 21.1 Å². The van der Waals surface area contributed by atoms with Crippen molar-refractivity contribution in [1.82, 2.24) is 14.5 Å². The number of nitrogens with one attached hydrogen (secondary N) is 1. The van der Waals surface area contributed by atoms with Crippen molar-refractivity contribution in [1.29, 1.82) is 0 Å². The lowest BCUT2D eigenvalue weighted by molar-refractivity contribution is -0.137. The predicted octanol–water partition coefficient (Wildman–Crippen LogP) is 4.67. The van der Waals surface area contributed by atoms with E-state index in [1.807, 2.05) is 18.6 Å². The summed E-state index contributed by atoms with van der Waals surface area (Å²) in [6, 6.07) is 4.58. The molecule has 1 N–H and O–H groups in total. The number of alkyl halides is 3. The van der Waals surface area contributed by atoms with Crippen molar-refractivity contribution in [2.75, 3.05) is 19.0 Å². The fraction of sp³-hybridized carbons (Fsp3) is 0.500. The van der Waals surface area contributed by atoms with Gasteiger partial charge in [-0.2, -0.15) is 13.2 Å². The number of rotatable bonds is 10. The fourth-order valence-corrected chi connectivity index (χ4v) is 4.99. The quantitative estimate of drug-likeness (QED) is 0.422. The van der Waals surface area contributed by atoms with Crippen LogP contribution in [0.1, 0.15) is 49.9 Å². The molecule has 0 spiro atoms. The molecule has 2 aromatic rings. The van der Waals surface area contributed by atoms with Gasteiger partial charge in [0.1, 0.15) is 6.10 Å². The molecule has 8 nitrogen and oxygen atoms in total. The van der Waals surface area contributed by atoms with Crippen LogP contribution in [0.4, 0.5) is 13.2 Å². The highest BCUT2D eigenvalue weighted by molar-refractivity contribution is 7.90. The van der Waals surface area contributed by atoms with Crippen molar-refractivity contribution in [3.63, 3.8) is 0 Å². The summed E-state index contributed by atoms with van der Waals surface area (Å²) in [6.45, 7) is 4.83. The zero-order chi connectivity index (χ0) is 27.2. The molecule has 2 heterocycles. The Morgan fingerprint density at radius 3 is 2.62 bits per heavy atom. The number of ether oxygens (including phenoxy) is 2. The van der Waals surface area contributed by atoms with Crippen LogP contribution >= 0.6 is 11.6 Å². The Kier molecular flexibility index (Phi) is 9.65. The van der Waals surface area contributed by atoms with Crippen LogP contribution in [0.3, 0.4) is 0 Å². The number of carbonyl (C=O) groups excluding carboxylic acids is 1. The van der Waals surface area contributed by atoms with Gasteiger partial charge in [0.15, 0.2) is 0 Å². The van der Waals surface area contributed by atoms with Crippen LogP contribution < -0.4 is 9.46 Å². The highest BCUT2D eigenvalue weighted by atomic mass is 35.5. The molecule has 13 heteroatoms. The van der Waals surface area contributed by atoms with Gasteiger partial charge in [-0.15, -0.1) is 5.10 Å². The normalized spacial score (nSPS) is 15.4. The molecule has 1 aromatic heterocycles. The minimum Gasteiger partial charge on any atom is -0.473 e. The maximum Gasteiger partial charge on any atom is 0.416 e. The third kappa shape index (κ3) is 9.04. The zero-order valence-corrected chi connectivity index (χ0v) is 22.0. The molecule has 0 unspecified atom stereocenters. The smallest absolute Gasteiger partial charge is 0.416 e. The Balaban J connectivity index is 1.81. The van der Waals surface area contributed by atoms with Gasteiger partial charge in [0.25, 0.3) is 5.91 Å². The van der Waals surface area contributed by atoms with Gasteiger partial charge in [-0.1, -0.05) is 31.5 Å². The topological polar surface area (TPSA) is 99.5 Å². The van der Waals surface area contributed by atoms with Crippen LogP contribution in [-0.4, -0.2) is 49.2 Å². The van der Waals surface area contributed by atoms with Crippen molar-refractivity contribution in [3.8, 4) is 5.88 Å². The number of sulfonamides is 1. The first-order valence-corrected chi connectivity index (χ1v) is 13.8. The van der Waals surface area contributed by atoms with Crippen LogP contribution in [0.2, 0.25) is 5.02 Å². The van der Waals surface area contributed by atoms with Crippen molar-refractivity contribution in [2.24, 2.45) is 5.92 Å². The summed E-state index contributed by atoms with van der Waals surface area (Å²) in [6.07, 6.45) is -0.520. The Bertz CT molecular complexity index is 1220. The molecule has 0 radical (unpaired) electrons. The van der Waals surface area contributed by atoms with Gasteiger partial charge < -0.3 is 9.47 Å².